The number of carbonyl (C=O) groups is 3. The minimum atomic E-state index is -0.626. The molecule has 5 nitrogen and oxygen atoms in total. The lowest BCUT2D eigenvalue weighted by atomic mass is 10.0. The van der Waals surface area contributed by atoms with Crippen LogP contribution in [0.4, 0.5) is 0 Å². The van der Waals surface area contributed by atoms with Crippen LogP contribution in [0.1, 0.15) is 32.7 Å². The van der Waals surface area contributed by atoms with Gasteiger partial charge in [0.2, 0.25) is 0 Å². The molecule has 0 bridgehead atoms. The van der Waals surface area contributed by atoms with Gasteiger partial charge in [-0.25, -0.2) is 4.79 Å². The number of hydrogen-bond donors (Lipinski definition) is 1. The summed E-state index contributed by atoms with van der Waals surface area (Å²) in [5, 5.41) is 9.78. The molecule has 2 aromatic carbocycles. The van der Waals surface area contributed by atoms with Crippen molar-refractivity contribution in [3.05, 3.63) is 71.3 Å². The van der Waals surface area contributed by atoms with Crippen molar-refractivity contribution in [2.75, 3.05) is 7.11 Å². The predicted molar refractivity (Wildman–Crippen MR) is 88.9 cm³/mol. The van der Waals surface area contributed by atoms with Gasteiger partial charge in [-0.05, 0) is 29.8 Å². The van der Waals surface area contributed by atoms with Gasteiger partial charge < -0.3 is 9.84 Å². The van der Waals surface area contributed by atoms with Gasteiger partial charge in [0.05, 0.1) is 24.7 Å². The Morgan fingerprint density at radius 1 is 1.08 bits per heavy atom. The van der Waals surface area contributed by atoms with Crippen molar-refractivity contribution < 1.29 is 24.2 Å². The number of allylic oxidation sites excluding steroid dienone is 1. The molecule has 0 heterocycles. The molecule has 0 spiro atoms. The SMILES string of the molecule is COC(=O)c1ccc(O)c(C(=O)CC(=O)/C=C/c2ccccc2)c1. The standard InChI is InChI=1S/C19H16O5/c1-24-19(23)14-8-10-17(21)16(11-14)18(22)12-15(20)9-7-13-5-3-2-4-6-13/h2-11,21H,12H2,1H3/b9-7+. The number of hydrogen-bond acceptors (Lipinski definition) is 5. The van der Waals surface area contributed by atoms with Crippen molar-refractivity contribution in [2.45, 2.75) is 6.42 Å². The Bertz CT molecular complexity index is 791. The molecule has 0 aromatic heterocycles. The average Bonchev–Trinajstić information content (AvgIpc) is 2.60. The number of carbonyl (C=O) groups excluding carboxylic acids is 3. The van der Waals surface area contributed by atoms with Gasteiger partial charge in [-0.15, -0.1) is 0 Å². The van der Waals surface area contributed by atoms with E-state index in [4.69, 9.17) is 0 Å². The molecular formula is C19H16O5. The maximum Gasteiger partial charge on any atom is 0.337 e. The topological polar surface area (TPSA) is 80.7 Å². The Morgan fingerprint density at radius 2 is 1.79 bits per heavy atom. The van der Waals surface area contributed by atoms with Gasteiger partial charge in [-0.1, -0.05) is 36.4 Å². The minimum Gasteiger partial charge on any atom is -0.507 e. The summed E-state index contributed by atoms with van der Waals surface area (Å²) >= 11 is 0. The first-order chi connectivity index (χ1) is 11.5. The molecule has 0 amide bonds. The van der Waals surface area contributed by atoms with Crippen molar-refractivity contribution in [1.29, 1.82) is 0 Å². The Morgan fingerprint density at radius 3 is 2.46 bits per heavy atom. The van der Waals surface area contributed by atoms with E-state index in [0.29, 0.717) is 0 Å². The van der Waals surface area contributed by atoms with E-state index in [1.807, 2.05) is 30.3 Å². The molecule has 0 saturated carbocycles. The zero-order valence-electron chi connectivity index (χ0n) is 13.1. The fourth-order valence-corrected chi connectivity index (χ4v) is 2.07. The Hall–Kier alpha value is -3.21. The van der Waals surface area contributed by atoms with Gasteiger partial charge in [0.25, 0.3) is 0 Å². The van der Waals surface area contributed by atoms with Gasteiger partial charge in [0.15, 0.2) is 11.6 Å². The second-order valence-electron chi connectivity index (χ2n) is 5.03. The molecule has 0 aliphatic rings. The van der Waals surface area contributed by atoms with E-state index in [9.17, 15) is 19.5 Å². The molecular weight excluding hydrogens is 308 g/mol. The van der Waals surface area contributed by atoms with E-state index in [0.717, 1.165) is 5.56 Å². The van der Waals surface area contributed by atoms with Crippen LogP contribution in [0.15, 0.2) is 54.6 Å². The third-order valence-corrected chi connectivity index (χ3v) is 3.31. The molecule has 2 rings (SSSR count). The van der Waals surface area contributed by atoms with Crippen molar-refractivity contribution >= 4 is 23.6 Å². The van der Waals surface area contributed by atoms with E-state index in [1.165, 1.54) is 31.4 Å². The maximum atomic E-state index is 12.2. The molecule has 0 aliphatic carbocycles. The summed E-state index contributed by atoms with van der Waals surface area (Å²) in [5.41, 5.74) is 0.888. The number of esters is 1. The second-order valence-corrected chi connectivity index (χ2v) is 5.03. The highest BCUT2D eigenvalue weighted by atomic mass is 16.5. The van der Waals surface area contributed by atoms with Crippen LogP contribution in [0.3, 0.4) is 0 Å². The number of Topliss-reactive ketones (excluding diaryl/α,β-unsaturated/α-hetero) is 1. The molecule has 0 fully saturated rings. The van der Waals surface area contributed by atoms with Crippen molar-refractivity contribution in [2.24, 2.45) is 0 Å². The summed E-state index contributed by atoms with van der Waals surface area (Å²) in [5.74, 6) is -1.88. The number of ketones is 2. The summed E-state index contributed by atoms with van der Waals surface area (Å²) in [6, 6.07) is 13.0. The summed E-state index contributed by atoms with van der Waals surface area (Å²) in [4.78, 5) is 35.6. The molecule has 0 aliphatic heterocycles. The monoisotopic (exact) mass is 324 g/mol. The first-order valence-electron chi connectivity index (χ1n) is 7.21. The fraction of sp³-hybridized carbons (Fsp3) is 0.105. The van der Waals surface area contributed by atoms with Crippen LogP contribution < -0.4 is 0 Å². The van der Waals surface area contributed by atoms with Gasteiger partial charge >= 0.3 is 5.97 Å². The molecule has 1 N–H and O–H groups in total. The highest BCUT2D eigenvalue weighted by Crippen LogP contribution is 2.21. The highest BCUT2D eigenvalue weighted by molar-refractivity contribution is 6.13. The number of ether oxygens (including phenoxy) is 1. The van der Waals surface area contributed by atoms with Crippen molar-refractivity contribution in [3.63, 3.8) is 0 Å². The molecule has 2 aromatic rings. The lowest BCUT2D eigenvalue weighted by Crippen LogP contribution is -2.08. The molecule has 122 valence electrons. The highest BCUT2D eigenvalue weighted by Gasteiger charge is 2.17. The number of phenolic OH excluding ortho intramolecular Hbond substituents is 1. The largest absolute Gasteiger partial charge is 0.507 e. The van der Waals surface area contributed by atoms with Crippen LogP contribution in [0.2, 0.25) is 0 Å². The molecule has 0 radical (unpaired) electrons. The predicted octanol–water partition coefficient (Wildman–Crippen LogP) is 3.03. The van der Waals surface area contributed by atoms with E-state index in [-0.39, 0.29) is 16.9 Å². The molecule has 0 unspecified atom stereocenters. The number of aromatic hydroxyl groups is 1. The van der Waals surface area contributed by atoms with E-state index in [2.05, 4.69) is 4.74 Å². The average molecular weight is 324 g/mol. The second kappa shape index (κ2) is 7.87. The van der Waals surface area contributed by atoms with Gasteiger partial charge in [0, 0.05) is 0 Å². The Kier molecular flexibility index (Phi) is 5.63. The van der Waals surface area contributed by atoms with Crippen molar-refractivity contribution in [3.8, 4) is 5.75 Å². The third kappa shape index (κ3) is 4.39. The quantitative estimate of drug-likeness (QED) is 0.382. The minimum absolute atomic E-state index is 0.0839. The van der Waals surface area contributed by atoms with Crippen LogP contribution in [-0.4, -0.2) is 29.8 Å². The fourth-order valence-electron chi connectivity index (χ4n) is 2.07. The molecule has 0 saturated heterocycles. The first-order valence-corrected chi connectivity index (χ1v) is 7.21. The summed E-state index contributed by atoms with van der Waals surface area (Å²) in [6.45, 7) is 0. The van der Waals surface area contributed by atoms with Crippen molar-refractivity contribution in [1.82, 2.24) is 0 Å². The van der Waals surface area contributed by atoms with Crippen LogP contribution in [0.5, 0.6) is 5.75 Å². The number of phenols is 1. The molecule has 0 atom stereocenters. The first kappa shape index (κ1) is 17.1. The summed E-state index contributed by atoms with van der Waals surface area (Å²) < 4.78 is 4.57. The zero-order valence-corrected chi connectivity index (χ0v) is 13.1. The van der Waals surface area contributed by atoms with Crippen LogP contribution >= 0.6 is 0 Å². The third-order valence-electron chi connectivity index (χ3n) is 3.31. The lowest BCUT2D eigenvalue weighted by Gasteiger charge is -2.05. The zero-order chi connectivity index (χ0) is 17.5. The van der Waals surface area contributed by atoms with E-state index >= 15 is 0 Å². The van der Waals surface area contributed by atoms with Crippen LogP contribution in [-0.2, 0) is 9.53 Å². The van der Waals surface area contributed by atoms with Gasteiger partial charge in [0.1, 0.15) is 5.75 Å². The number of rotatable bonds is 6. The Labute approximate surface area is 139 Å². The number of benzene rings is 2. The molecule has 5 heteroatoms. The van der Waals surface area contributed by atoms with Gasteiger partial charge in [-0.2, -0.15) is 0 Å². The summed E-state index contributed by atoms with van der Waals surface area (Å²) in [6.07, 6.45) is 2.52. The molecule has 24 heavy (non-hydrogen) atoms. The normalized spacial score (nSPS) is 10.5. The smallest absolute Gasteiger partial charge is 0.337 e. The van der Waals surface area contributed by atoms with Crippen LogP contribution in [0, 0.1) is 0 Å². The van der Waals surface area contributed by atoms with E-state index < -0.39 is 24.0 Å². The summed E-state index contributed by atoms with van der Waals surface area (Å²) in [7, 11) is 1.22. The van der Waals surface area contributed by atoms with E-state index in [1.54, 1.807) is 6.08 Å². The maximum absolute atomic E-state index is 12.2. The lowest BCUT2D eigenvalue weighted by molar-refractivity contribution is -0.113. The Balaban J connectivity index is 2.10. The van der Waals surface area contributed by atoms with Crippen LogP contribution in [0.25, 0.3) is 6.08 Å². The van der Waals surface area contributed by atoms with Gasteiger partial charge in [-0.3, -0.25) is 9.59 Å². The number of methoxy groups -OCH3 is 1.